The summed E-state index contributed by atoms with van der Waals surface area (Å²) in [7, 11) is -2.84. The summed E-state index contributed by atoms with van der Waals surface area (Å²) in [5.41, 5.74) is 0. The lowest BCUT2D eigenvalue weighted by Crippen LogP contribution is -2.36. The molecule has 2 atom stereocenters. The molecule has 2 rings (SSSR count). The van der Waals surface area contributed by atoms with Crippen LogP contribution in [0.4, 0.5) is 0 Å². The fraction of sp³-hybridized carbons (Fsp3) is 0.889. The van der Waals surface area contributed by atoms with Crippen molar-refractivity contribution in [1.29, 1.82) is 0 Å². The van der Waals surface area contributed by atoms with Gasteiger partial charge in [-0.1, -0.05) is 51.0 Å². The van der Waals surface area contributed by atoms with E-state index in [1.54, 1.807) is 0 Å². The first kappa shape index (κ1) is 17.1. The van der Waals surface area contributed by atoms with Gasteiger partial charge in [-0.25, -0.2) is 8.42 Å². The van der Waals surface area contributed by atoms with Gasteiger partial charge in [0, 0.05) is 0 Å². The number of sulfone groups is 1. The number of hydrogen-bond donors (Lipinski definition) is 0. The largest absolute Gasteiger partial charge is 0.228 e. The minimum atomic E-state index is -2.84. The molecule has 0 amide bonds. The standard InChI is InChI=1S/C18H32O2S/c1-2-3-4-5-6-7-8-10-14-18-15-11-9-12-17(13-16-18)21(18,19)20/h2,17H,1,3-16H2/t17-,18+/m0/s1. The van der Waals surface area contributed by atoms with E-state index in [1.165, 1.54) is 32.1 Å². The number of fused-ring (bicyclic) bond motifs is 2. The van der Waals surface area contributed by atoms with E-state index in [1.807, 2.05) is 6.08 Å². The van der Waals surface area contributed by atoms with Crippen molar-refractivity contribution >= 4 is 9.84 Å². The molecular weight excluding hydrogens is 280 g/mol. The Morgan fingerprint density at radius 1 is 0.952 bits per heavy atom. The van der Waals surface area contributed by atoms with Crippen molar-refractivity contribution in [2.75, 3.05) is 0 Å². The van der Waals surface area contributed by atoms with Crippen molar-refractivity contribution in [2.45, 2.75) is 99.9 Å². The molecule has 3 heteroatoms. The van der Waals surface area contributed by atoms with Crippen LogP contribution in [-0.2, 0) is 9.84 Å². The zero-order valence-corrected chi connectivity index (χ0v) is 14.3. The summed E-state index contributed by atoms with van der Waals surface area (Å²) in [6, 6.07) is 0. The van der Waals surface area contributed by atoms with E-state index in [0.717, 1.165) is 57.8 Å². The van der Waals surface area contributed by atoms with Crippen molar-refractivity contribution in [1.82, 2.24) is 0 Å². The van der Waals surface area contributed by atoms with Crippen molar-refractivity contribution < 1.29 is 8.42 Å². The number of rotatable bonds is 9. The van der Waals surface area contributed by atoms with Crippen LogP contribution in [0.3, 0.4) is 0 Å². The third kappa shape index (κ3) is 3.91. The summed E-state index contributed by atoms with van der Waals surface area (Å²) in [5.74, 6) is 0. The third-order valence-electron chi connectivity index (χ3n) is 5.66. The Bertz CT molecular complexity index is 426. The molecule has 0 unspecified atom stereocenters. The fourth-order valence-electron chi connectivity index (χ4n) is 4.30. The van der Waals surface area contributed by atoms with Gasteiger partial charge in [0.2, 0.25) is 0 Å². The molecule has 0 spiro atoms. The Balaban J connectivity index is 1.73. The molecule has 2 nitrogen and oxygen atoms in total. The van der Waals surface area contributed by atoms with Crippen molar-refractivity contribution in [3.05, 3.63) is 12.7 Å². The second kappa shape index (κ2) is 7.80. The summed E-state index contributed by atoms with van der Waals surface area (Å²) in [5, 5.41) is -0.00102. The van der Waals surface area contributed by atoms with Gasteiger partial charge in [-0.2, -0.15) is 0 Å². The van der Waals surface area contributed by atoms with Gasteiger partial charge in [-0.3, -0.25) is 0 Å². The van der Waals surface area contributed by atoms with Crippen molar-refractivity contribution in [3.8, 4) is 0 Å². The maximum Gasteiger partial charge on any atom is 0.158 e. The van der Waals surface area contributed by atoms with Crippen LogP contribution in [0.25, 0.3) is 0 Å². The molecule has 0 N–H and O–H groups in total. The minimum absolute atomic E-state index is 0.00102. The molecule has 122 valence electrons. The molecule has 0 aromatic carbocycles. The SMILES string of the molecule is C=CCCCCCCCC[C@@]12CCCC[C@@H](CC1)S2(=O)=O. The quantitative estimate of drug-likeness (QED) is 0.434. The third-order valence-corrected chi connectivity index (χ3v) is 8.83. The maximum absolute atomic E-state index is 12.7. The summed E-state index contributed by atoms with van der Waals surface area (Å²) in [6.07, 6.45) is 17.4. The van der Waals surface area contributed by atoms with Gasteiger partial charge in [-0.15, -0.1) is 6.58 Å². The Morgan fingerprint density at radius 3 is 2.43 bits per heavy atom. The van der Waals surface area contributed by atoms with E-state index in [9.17, 15) is 8.42 Å². The summed E-state index contributed by atoms with van der Waals surface area (Å²) in [4.78, 5) is 0. The fourth-order valence-corrected chi connectivity index (χ4v) is 7.17. The molecule has 0 aromatic rings. The van der Waals surface area contributed by atoms with Gasteiger partial charge in [0.25, 0.3) is 0 Å². The first-order valence-electron chi connectivity index (χ1n) is 8.97. The van der Waals surface area contributed by atoms with Gasteiger partial charge >= 0.3 is 0 Å². The van der Waals surface area contributed by atoms with Gasteiger partial charge in [0.05, 0.1) is 10.00 Å². The summed E-state index contributed by atoms with van der Waals surface area (Å²) < 4.78 is 25.2. The molecule has 2 aliphatic heterocycles. The summed E-state index contributed by atoms with van der Waals surface area (Å²) in [6.45, 7) is 3.74. The average molecular weight is 313 g/mol. The Hall–Kier alpha value is -0.310. The maximum atomic E-state index is 12.7. The van der Waals surface area contributed by atoms with Crippen molar-refractivity contribution in [2.24, 2.45) is 0 Å². The molecule has 2 aliphatic rings. The topological polar surface area (TPSA) is 34.1 Å². The van der Waals surface area contributed by atoms with Gasteiger partial charge in [0.15, 0.2) is 9.84 Å². The second-order valence-electron chi connectivity index (χ2n) is 7.08. The van der Waals surface area contributed by atoms with Crippen LogP contribution in [0.1, 0.15) is 89.9 Å². The van der Waals surface area contributed by atoms with E-state index in [0.29, 0.717) is 0 Å². The Labute approximate surface area is 131 Å². The van der Waals surface area contributed by atoms with Crippen LogP contribution in [0, 0.1) is 0 Å². The second-order valence-corrected chi connectivity index (χ2v) is 9.71. The van der Waals surface area contributed by atoms with Gasteiger partial charge in [-0.05, 0) is 44.9 Å². The van der Waals surface area contributed by atoms with Crippen LogP contribution in [-0.4, -0.2) is 18.4 Å². The highest BCUT2D eigenvalue weighted by Gasteiger charge is 2.53. The monoisotopic (exact) mass is 312 g/mol. The normalized spacial score (nSPS) is 31.0. The highest BCUT2D eigenvalue weighted by Crippen LogP contribution is 2.48. The zero-order chi connectivity index (χ0) is 15.2. The smallest absolute Gasteiger partial charge is 0.158 e. The lowest BCUT2D eigenvalue weighted by Gasteiger charge is -2.27. The first-order chi connectivity index (χ1) is 10.1. The highest BCUT2D eigenvalue weighted by molar-refractivity contribution is 7.93. The highest BCUT2D eigenvalue weighted by atomic mass is 32.2. The number of hydrogen-bond acceptors (Lipinski definition) is 2. The molecule has 2 fully saturated rings. The van der Waals surface area contributed by atoms with Crippen LogP contribution in [0.2, 0.25) is 0 Å². The molecule has 0 radical (unpaired) electrons. The molecule has 2 bridgehead atoms. The molecule has 2 heterocycles. The van der Waals surface area contributed by atoms with E-state index in [4.69, 9.17) is 0 Å². The van der Waals surface area contributed by atoms with Crippen LogP contribution >= 0.6 is 0 Å². The van der Waals surface area contributed by atoms with E-state index in [-0.39, 0.29) is 10.00 Å². The Kier molecular flexibility index (Phi) is 6.34. The average Bonchev–Trinajstić information content (AvgIpc) is 2.59. The zero-order valence-electron chi connectivity index (χ0n) is 13.5. The first-order valence-corrected chi connectivity index (χ1v) is 10.5. The van der Waals surface area contributed by atoms with Gasteiger partial charge < -0.3 is 0 Å². The van der Waals surface area contributed by atoms with Crippen molar-refractivity contribution in [3.63, 3.8) is 0 Å². The molecule has 0 aromatic heterocycles. The van der Waals surface area contributed by atoms with E-state index < -0.39 is 9.84 Å². The molecule has 21 heavy (non-hydrogen) atoms. The minimum Gasteiger partial charge on any atom is -0.228 e. The predicted molar refractivity (Wildman–Crippen MR) is 90.3 cm³/mol. The number of allylic oxidation sites excluding steroid dienone is 1. The predicted octanol–water partition coefficient (Wildman–Crippen LogP) is 5.18. The molecule has 0 aliphatic carbocycles. The summed E-state index contributed by atoms with van der Waals surface area (Å²) >= 11 is 0. The van der Waals surface area contributed by atoms with Crippen LogP contribution in [0.15, 0.2) is 12.7 Å². The lowest BCUT2D eigenvalue weighted by atomic mass is 9.87. The van der Waals surface area contributed by atoms with E-state index in [2.05, 4.69) is 6.58 Å². The lowest BCUT2D eigenvalue weighted by molar-refractivity contribution is 0.404. The van der Waals surface area contributed by atoms with Crippen LogP contribution in [0.5, 0.6) is 0 Å². The Morgan fingerprint density at radius 2 is 1.67 bits per heavy atom. The van der Waals surface area contributed by atoms with Gasteiger partial charge in [0.1, 0.15) is 0 Å². The molecular formula is C18H32O2S. The van der Waals surface area contributed by atoms with E-state index >= 15 is 0 Å². The molecule has 2 saturated heterocycles. The molecule has 0 saturated carbocycles. The van der Waals surface area contributed by atoms with Crippen LogP contribution < -0.4 is 0 Å². The number of unbranched alkanes of at least 4 members (excludes halogenated alkanes) is 6.